The number of carbonyl (C=O) groups is 1. The summed E-state index contributed by atoms with van der Waals surface area (Å²) in [6.07, 6.45) is 3.37. The number of benzene rings is 1. The van der Waals surface area contributed by atoms with Crippen LogP contribution in [0.15, 0.2) is 30.3 Å². The minimum absolute atomic E-state index is 0.0348. The molecule has 1 aliphatic heterocycles. The molecule has 1 N–H and O–H groups in total. The lowest BCUT2D eigenvalue weighted by Gasteiger charge is -2.30. The van der Waals surface area contributed by atoms with Crippen LogP contribution in [0.2, 0.25) is 0 Å². The lowest BCUT2D eigenvalue weighted by atomic mass is 9.97. The van der Waals surface area contributed by atoms with Crippen LogP contribution in [0.1, 0.15) is 38.2 Å². The first-order valence-electron chi connectivity index (χ1n) is 9.90. The van der Waals surface area contributed by atoms with Gasteiger partial charge >= 0.3 is 0 Å². The van der Waals surface area contributed by atoms with E-state index in [2.05, 4.69) is 5.32 Å². The Morgan fingerprint density at radius 2 is 1.89 bits per heavy atom. The van der Waals surface area contributed by atoms with Gasteiger partial charge in [-0.25, -0.2) is 12.7 Å². The Balaban J connectivity index is 1.68. The van der Waals surface area contributed by atoms with Crippen molar-refractivity contribution in [2.75, 3.05) is 38.6 Å². The van der Waals surface area contributed by atoms with Crippen LogP contribution in [-0.4, -0.2) is 57.2 Å². The summed E-state index contributed by atoms with van der Waals surface area (Å²) >= 11 is 0. The van der Waals surface area contributed by atoms with E-state index in [0.717, 1.165) is 18.4 Å². The summed E-state index contributed by atoms with van der Waals surface area (Å²) in [6.45, 7) is 4.76. The summed E-state index contributed by atoms with van der Waals surface area (Å²) in [7, 11) is -3.24. The lowest BCUT2D eigenvalue weighted by molar-refractivity contribution is -0.126. The number of rotatable bonds is 11. The monoisotopic (exact) mass is 396 g/mol. The molecular formula is C20H32N2O4S. The zero-order valence-electron chi connectivity index (χ0n) is 16.2. The van der Waals surface area contributed by atoms with Crippen LogP contribution in [-0.2, 0) is 26.0 Å². The third-order valence-electron chi connectivity index (χ3n) is 4.90. The number of hydrogen-bond donors (Lipinski definition) is 1. The summed E-state index contributed by atoms with van der Waals surface area (Å²) in [5.74, 6) is 0.108. The Kier molecular flexibility index (Phi) is 9.24. The van der Waals surface area contributed by atoms with Crippen LogP contribution >= 0.6 is 0 Å². The summed E-state index contributed by atoms with van der Waals surface area (Å²) in [4.78, 5) is 12.2. The zero-order valence-corrected chi connectivity index (χ0v) is 17.0. The van der Waals surface area contributed by atoms with Gasteiger partial charge in [0, 0.05) is 38.8 Å². The molecule has 1 aromatic rings. The van der Waals surface area contributed by atoms with E-state index in [-0.39, 0.29) is 17.6 Å². The van der Waals surface area contributed by atoms with Gasteiger partial charge in [-0.1, -0.05) is 30.3 Å². The van der Waals surface area contributed by atoms with Crippen LogP contribution in [0.5, 0.6) is 0 Å². The molecule has 152 valence electrons. The van der Waals surface area contributed by atoms with E-state index in [1.165, 1.54) is 0 Å². The smallest absolute Gasteiger partial charge is 0.223 e. The molecule has 0 radical (unpaired) electrons. The van der Waals surface area contributed by atoms with Gasteiger partial charge < -0.3 is 10.1 Å². The molecule has 1 aliphatic rings. The number of ether oxygens (including phenoxy) is 1. The molecule has 1 heterocycles. The third kappa shape index (κ3) is 7.60. The molecule has 0 spiro atoms. The average Bonchev–Trinajstić information content (AvgIpc) is 2.68. The van der Waals surface area contributed by atoms with Crippen molar-refractivity contribution >= 4 is 15.9 Å². The molecule has 2 rings (SSSR count). The standard InChI is InChI=1S/C20H32N2O4S/c1-2-26-16-7-13-21-20(23)19-11-14-22(15-12-19)27(24,25)17-6-10-18-8-4-3-5-9-18/h3-5,8-9,19H,2,6-7,10-17H2,1H3,(H,21,23). The van der Waals surface area contributed by atoms with Crippen molar-refractivity contribution in [1.29, 1.82) is 0 Å². The maximum absolute atomic E-state index is 12.5. The number of nitrogens with zero attached hydrogens (tertiary/aromatic N) is 1. The average molecular weight is 397 g/mol. The number of hydrogen-bond acceptors (Lipinski definition) is 4. The van der Waals surface area contributed by atoms with Crippen LogP contribution < -0.4 is 5.32 Å². The summed E-state index contributed by atoms with van der Waals surface area (Å²) in [6, 6.07) is 9.93. The van der Waals surface area contributed by atoms with Gasteiger partial charge in [0.25, 0.3) is 0 Å². The van der Waals surface area contributed by atoms with Crippen molar-refractivity contribution in [1.82, 2.24) is 9.62 Å². The maximum atomic E-state index is 12.5. The highest BCUT2D eigenvalue weighted by atomic mass is 32.2. The molecule has 0 atom stereocenters. The van der Waals surface area contributed by atoms with Crippen LogP contribution in [0.3, 0.4) is 0 Å². The fourth-order valence-corrected chi connectivity index (χ4v) is 4.84. The number of aryl methyl sites for hydroxylation is 1. The Hall–Kier alpha value is -1.44. The van der Waals surface area contributed by atoms with Gasteiger partial charge in [-0.3, -0.25) is 4.79 Å². The predicted octanol–water partition coefficient (Wildman–Crippen LogP) is 2.20. The van der Waals surface area contributed by atoms with Crippen molar-refractivity contribution in [2.45, 2.75) is 39.0 Å². The van der Waals surface area contributed by atoms with Crippen molar-refractivity contribution in [3.05, 3.63) is 35.9 Å². The quantitative estimate of drug-likeness (QED) is 0.582. The van der Waals surface area contributed by atoms with E-state index in [9.17, 15) is 13.2 Å². The van der Waals surface area contributed by atoms with E-state index in [1.807, 2.05) is 37.3 Å². The Labute approximate surface area is 163 Å². The van der Waals surface area contributed by atoms with Crippen molar-refractivity contribution in [3.63, 3.8) is 0 Å². The molecule has 0 saturated carbocycles. The molecule has 1 aromatic carbocycles. The highest BCUT2D eigenvalue weighted by Crippen LogP contribution is 2.20. The Morgan fingerprint density at radius 3 is 2.56 bits per heavy atom. The molecule has 7 heteroatoms. The Bertz CT molecular complexity index is 656. The second-order valence-corrected chi connectivity index (χ2v) is 9.01. The highest BCUT2D eigenvalue weighted by molar-refractivity contribution is 7.89. The number of sulfonamides is 1. The molecule has 0 aliphatic carbocycles. The lowest BCUT2D eigenvalue weighted by Crippen LogP contribution is -2.44. The molecule has 6 nitrogen and oxygen atoms in total. The zero-order chi connectivity index (χ0) is 19.5. The van der Waals surface area contributed by atoms with Crippen LogP contribution in [0.25, 0.3) is 0 Å². The predicted molar refractivity (Wildman–Crippen MR) is 107 cm³/mol. The minimum atomic E-state index is -3.24. The van der Waals surface area contributed by atoms with E-state index >= 15 is 0 Å². The molecule has 1 saturated heterocycles. The van der Waals surface area contributed by atoms with Gasteiger partial charge in [-0.15, -0.1) is 0 Å². The third-order valence-corrected chi connectivity index (χ3v) is 6.85. The van der Waals surface area contributed by atoms with E-state index in [1.54, 1.807) is 4.31 Å². The van der Waals surface area contributed by atoms with Crippen molar-refractivity contribution in [3.8, 4) is 0 Å². The Morgan fingerprint density at radius 1 is 1.19 bits per heavy atom. The van der Waals surface area contributed by atoms with Gasteiger partial charge in [-0.05, 0) is 44.6 Å². The van der Waals surface area contributed by atoms with Gasteiger partial charge in [0.1, 0.15) is 0 Å². The molecule has 0 aromatic heterocycles. The van der Waals surface area contributed by atoms with E-state index < -0.39 is 10.0 Å². The van der Waals surface area contributed by atoms with Crippen LogP contribution in [0, 0.1) is 5.92 Å². The van der Waals surface area contributed by atoms with Crippen molar-refractivity contribution < 1.29 is 17.9 Å². The fourth-order valence-electron chi connectivity index (χ4n) is 3.30. The second kappa shape index (κ2) is 11.4. The second-order valence-electron chi connectivity index (χ2n) is 6.92. The minimum Gasteiger partial charge on any atom is -0.382 e. The number of nitrogens with one attached hydrogen (secondary N) is 1. The normalized spacial score (nSPS) is 16.3. The summed E-state index contributed by atoms with van der Waals surface area (Å²) < 4.78 is 31.9. The first kappa shape index (κ1) is 21.9. The van der Waals surface area contributed by atoms with E-state index in [0.29, 0.717) is 52.1 Å². The summed E-state index contributed by atoms with van der Waals surface area (Å²) in [5.41, 5.74) is 1.16. The highest BCUT2D eigenvalue weighted by Gasteiger charge is 2.30. The molecular weight excluding hydrogens is 364 g/mol. The maximum Gasteiger partial charge on any atom is 0.223 e. The van der Waals surface area contributed by atoms with Gasteiger partial charge in [0.15, 0.2) is 0 Å². The first-order chi connectivity index (χ1) is 13.0. The van der Waals surface area contributed by atoms with Gasteiger partial charge in [0.05, 0.1) is 5.75 Å². The molecule has 1 fully saturated rings. The van der Waals surface area contributed by atoms with Gasteiger partial charge in [0.2, 0.25) is 15.9 Å². The number of carbonyl (C=O) groups excluding carboxylic acids is 1. The van der Waals surface area contributed by atoms with Crippen molar-refractivity contribution in [2.24, 2.45) is 5.92 Å². The van der Waals surface area contributed by atoms with Gasteiger partial charge in [-0.2, -0.15) is 0 Å². The molecule has 0 bridgehead atoms. The van der Waals surface area contributed by atoms with E-state index in [4.69, 9.17) is 4.74 Å². The summed E-state index contributed by atoms with van der Waals surface area (Å²) in [5, 5.41) is 2.93. The number of piperidine rings is 1. The topological polar surface area (TPSA) is 75.7 Å². The SMILES string of the molecule is CCOCCCNC(=O)C1CCN(S(=O)(=O)CCCc2ccccc2)CC1. The fraction of sp³-hybridized carbons (Fsp3) is 0.650. The largest absolute Gasteiger partial charge is 0.382 e. The molecule has 1 amide bonds. The first-order valence-corrected chi connectivity index (χ1v) is 11.5. The van der Waals surface area contributed by atoms with Crippen LogP contribution in [0.4, 0.5) is 0 Å². The molecule has 27 heavy (non-hydrogen) atoms. The number of amides is 1. The molecule has 0 unspecified atom stereocenters.